The van der Waals surface area contributed by atoms with Gasteiger partial charge in [0.05, 0.1) is 19.4 Å². The summed E-state index contributed by atoms with van der Waals surface area (Å²) in [5.41, 5.74) is 3.59. The summed E-state index contributed by atoms with van der Waals surface area (Å²) in [7, 11) is 1.61. The summed E-state index contributed by atoms with van der Waals surface area (Å²) in [4.78, 5) is 12.1. The standard InChI is InChI=1S/C34H40N2O4/c1-4-28(37)25-16-17-30(31(24-25)38-3)39-23-11-10-18-33(2,26-12-6-5-7-13-26)34(19-21-35-22-20-34)32-27-14-8-9-15-29(27)40-36-32/h5-9,12-17,24,35H,4,10-11,18-23H2,1-3H3. The Kier molecular flexibility index (Phi) is 8.55. The number of carbonyl (C=O) groups is 1. The first-order valence-electron chi connectivity index (χ1n) is 14.5. The van der Waals surface area contributed by atoms with Crippen LogP contribution in [0.4, 0.5) is 0 Å². The Bertz CT molecular complexity index is 1420. The van der Waals surface area contributed by atoms with E-state index in [-0.39, 0.29) is 16.6 Å². The van der Waals surface area contributed by atoms with E-state index < -0.39 is 0 Å². The molecule has 210 valence electrons. The van der Waals surface area contributed by atoms with E-state index in [1.165, 1.54) is 5.56 Å². The number of nitrogens with one attached hydrogen (secondary N) is 1. The molecular formula is C34H40N2O4. The normalized spacial score (nSPS) is 16.4. The summed E-state index contributed by atoms with van der Waals surface area (Å²) in [5.74, 6) is 1.36. The first-order valence-corrected chi connectivity index (χ1v) is 14.5. The maximum absolute atomic E-state index is 12.1. The lowest BCUT2D eigenvalue weighted by Crippen LogP contribution is -2.53. The number of nitrogens with zero attached hydrogens (tertiary/aromatic N) is 1. The fourth-order valence-corrected chi connectivity index (χ4v) is 6.53. The van der Waals surface area contributed by atoms with Crippen LogP contribution < -0.4 is 14.8 Å². The van der Waals surface area contributed by atoms with Crippen LogP contribution in [0, 0.1) is 0 Å². The quantitative estimate of drug-likeness (QED) is 0.151. The topological polar surface area (TPSA) is 73.6 Å². The first kappa shape index (κ1) is 27.9. The van der Waals surface area contributed by atoms with Crippen molar-refractivity contribution in [2.75, 3.05) is 26.8 Å². The summed E-state index contributed by atoms with van der Waals surface area (Å²) in [6.07, 6.45) is 5.32. The van der Waals surface area contributed by atoms with Gasteiger partial charge >= 0.3 is 0 Å². The van der Waals surface area contributed by atoms with E-state index in [0.717, 1.165) is 61.9 Å². The van der Waals surface area contributed by atoms with Gasteiger partial charge < -0.3 is 19.3 Å². The fourth-order valence-electron chi connectivity index (χ4n) is 6.53. The molecule has 0 spiro atoms. The number of hydrogen-bond acceptors (Lipinski definition) is 6. The smallest absolute Gasteiger partial charge is 0.167 e. The molecular weight excluding hydrogens is 500 g/mol. The number of unbranched alkanes of at least 4 members (excludes halogenated alkanes) is 1. The highest BCUT2D eigenvalue weighted by atomic mass is 16.5. The number of para-hydroxylation sites is 1. The van der Waals surface area contributed by atoms with Gasteiger partial charge in [-0.3, -0.25) is 4.79 Å². The molecule has 0 radical (unpaired) electrons. The maximum atomic E-state index is 12.1. The largest absolute Gasteiger partial charge is 0.493 e. The van der Waals surface area contributed by atoms with Crippen molar-refractivity contribution in [2.45, 2.75) is 63.2 Å². The zero-order chi connectivity index (χ0) is 28.0. The third-order valence-corrected chi connectivity index (χ3v) is 8.89. The molecule has 1 saturated heterocycles. The number of aromatic nitrogens is 1. The van der Waals surface area contributed by atoms with E-state index in [1.54, 1.807) is 13.2 Å². The van der Waals surface area contributed by atoms with Gasteiger partial charge in [-0.25, -0.2) is 0 Å². The van der Waals surface area contributed by atoms with Crippen LogP contribution in [0.1, 0.15) is 74.0 Å². The number of carbonyl (C=O) groups excluding carboxylic acids is 1. The van der Waals surface area contributed by atoms with Gasteiger partial charge in [0.2, 0.25) is 0 Å². The van der Waals surface area contributed by atoms with Gasteiger partial charge in [0.15, 0.2) is 22.9 Å². The Balaban J connectivity index is 1.38. The highest BCUT2D eigenvalue weighted by molar-refractivity contribution is 5.96. The molecule has 2 heterocycles. The molecule has 5 rings (SSSR count). The Labute approximate surface area is 237 Å². The van der Waals surface area contributed by atoms with E-state index >= 15 is 0 Å². The number of Topliss-reactive ketones (excluding diaryl/α,β-unsaturated/α-hetero) is 1. The molecule has 0 bridgehead atoms. The molecule has 0 amide bonds. The Morgan fingerprint density at radius 1 is 1.00 bits per heavy atom. The summed E-state index contributed by atoms with van der Waals surface area (Å²) in [6, 6.07) is 24.6. The van der Waals surface area contributed by atoms with Gasteiger partial charge in [0.1, 0.15) is 0 Å². The molecule has 1 fully saturated rings. The number of ether oxygens (including phenoxy) is 2. The molecule has 4 aromatic rings. The van der Waals surface area contributed by atoms with E-state index in [4.69, 9.17) is 19.2 Å². The van der Waals surface area contributed by atoms with Crippen molar-refractivity contribution >= 4 is 16.8 Å². The molecule has 1 N–H and O–H groups in total. The van der Waals surface area contributed by atoms with Gasteiger partial charge in [-0.15, -0.1) is 0 Å². The summed E-state index contributed by atoms with van der Waals surface area (Å²) < 4.78 is 17.5. The average Bonchev–Trinajstić information content (AvgIpc) is 3.46. The number of fused-ring (bicyclic) bond motifs is 1. The van der Waals surface area contributed by atoms with Crippen LogP contribution in [0.5, 0.6) is 11.5 Å². The molecule has 0 aliphatic carbocycles. The van der Waals surface area contributed by atoms with Gasteiger partial charge in [-0.1, -0.05) is 61.5 Å². The van der Waals surface area contributed by atoms with Crippen LogP contribution in [0.2, 0.25) is 0 Å². The number of ketones is 1. The highest BCUT2D eigenvalue weighted by Crippen LogP contribution is 2.53. The van der Waals surface area contributed by atoms with E-state index in [9.17, 15) is 4.79 Å². The van der Waals surface area contributed by atoms with Gasteiger partial charge in [0.25, 0.3) is 0 Å². The molecule has 6 heteroatoms. The van der Waals surface area contributed by atoms with Crippen LogP contribution in [-0.4, -0.2) is 37.7 Å². The summed E-state index contributed by atoms with van der Waals surface area (Å²) in [6.45, 7) is 6.75. The fraction of sp³-hybridized carbons (Fsp3) is 0.412. The molecule has 6 nitrogen and oxygen atoms in total. The molecule has 40 heavy (non-hydrogen) atoms. The molecule has 3 aromatic carbocycles. The van der Waals surface area contributed by atoms with Crippen molar-refractivity contribution in [3.63, 3.8) is 0 Å². The molecule has 1 aliphatic heterocycles. The SMILES string of the molecule is CCC(=O)c1ccc(OCCCCC(C)(c2ccccc2)C2(c3noc4ccccc34)CCNCC2)c(OC)c1. The van der Waals surface area contributed by atoms with Crippen molar-refractivity contribution in [3.8, 4) is 11.5 Å². The van der Waals surface area contributed by atoms with Crippen molar-refractivity contribution in [3.05, 3.63) is 89.6 Å². The lowest BCUT2D eigenvalue weighted by molar-refractivity contribution is 0.0987. The molecule has 1 aromatic heterocycles. The van der Waals surface area contributed by atoms with Crippen molar-refractivity contribution < 1.29 is 18.8 Å². The Morgan fingerprint density at radius 2 is 1.75 bits per heavy atom. The third-order valence-electron chi connectivity index (χ3n) is 8.89. The van der Waals surface area contributed by atoms with Crippen LogP contribution in [-0.2, 0) is 10.8 Å². The van der Waals surface area contributed by atoms with Crippen LogP contribution in [0.15, 0.2) is 77.3 Å². The second-order valence-electron chi connectivity index (χ2n) is 11.0. The minimum absolute atomic E-state index is 0.0942. The second-order valence-corrected chi connectivity index (χ2v) is 11.0. The number of piperidine rings is 1. The third kappa shape index (κ3) is 5.25. The minimum atomic E-state index is -0.169. The lowest BCUT2D eigenvalue weighted by atomic mass is 9.53. The maximum Gasteiger partial charge on any atom is 0.167 e. The van der Waals surface area contributed by atoms with Crippen LogP contribution in [0.3, 0.4) is 0 Å². The summed E-state index contributed by atoms with van der Waals surface area (Å²) in [5, 5.41) is 9.45. The van der Waals surface area contributed by atoms with E-state index in [2.05, 4.69) is 54.7 Å². The number of hydrogen-bond donors (Lipinski definition) is 1. The van der Waals surface area contributed by atoms with Crippen molar-refractivity contribution in [1.82, 2.24) is 10.5 Å². The van der Waals surface area contributed by atoms with Gasteiger partial charge in [0, 0.05) is 28.2 Å². The Hall–Kier alpha value is -3.64. The molecule has 1 atom stereocenters. The zero-order valence-corrected chi connectivity index (χ0v) is 23.9. The molecule has 1 aliphatic rings. The predicted molar refractivity (Wildman–Crippen MR) is 159 cm³/mol. The van der Waals surface area contributed by atoms with Gasteiger partial charge in [-0.05, 0) is 81.1 Å². The number of rotatable bonds is 12. The Morgan fingerprint density at radius 3 is 2.50 bits per heavy atom. The molecule has 1 unspecified atom stereocenters. The van der Waals surface area contributed by atoms with Crippen molar-refractivity contribution in [1.29, 1.82) is 0 Å². The number of methoxy groups -OCH3 is 1. The van der Waals surface area contributed by atoms with E-state index in [0.29, 0.717) is 30.1 Å². The first-order chi connectivity index (χ1) is 19.5. The zero-order valence-electron chi connectivity index (χ0n) is 23.9. The van der Waals surface area contributed by atoms with Crippen molar-refractivity contribution in [2.24, 2.45) is 0 Å². The minimum Gasteiger partial charge on any atom is -0.493 e. The molecule has 0 saturated carbocycles. The highest BCUT2D eigenvalue weighted by Gasteiger charge is 2.52. The monoisotopic (exact) mass is 540 g/mol. The van der Waals surface area contributed by atoms with Crippen LogP contribution >= 0.6 is 0 Å². The van der Waals surface area contributed by atoms with Crippen LogP contribution in [0.25, 0.3) is 11.0 Å². The van der Waals surface area contributed by atoms with Gasteiger partial charge in [-0.2, -0.15) is 0 Å². The summed E-state index contributed by atoms with van der Waals surface area (Å²) >= 11 is 0. The average molecular weight is 541 g/mol. The van der Waals surface area contributed by atoms with E-state index in [1.807, 2.05) is 31.2 Å². The second kappa shape index (κ2) is 12.3. The number of benzene rings is 3. The predicted octanol–water partition coefficient (Wildman–Crippen LogP) is 7.26. The lowest BCUT2D eigenvalue weighted by Gasteiger charge is -2.51.